The molecule has 2 rings (SSSR count). The zero-order valence-electron chi connectivity index (χ0n) is 8.78. The minimum absolute atomic E-state index is 0.375. The first kappa shape index (κ1) is 11.9. The lowest BCUT2D eigenvalue weighted by Gasteiger charge is -2.09. The summed E-state index contributed by atoms with van der Waals surface area (Å²) < 4.78 is 5.57. The van der Waals surface area contributed by atoms with Crippen LogP contribution in [0.15, 0.2) is 36.4 Å². The van der Waals surface area contributed by atoms with Gasteiger partial charge < -0.3 is 16.2 Å². The van der Waals surface area contributed by atoms with Crippen molar-refractivity contribution in [1.29, 1.82) is 0 Å². The molecule has 2 aromatic carbocycles. The van der Waals surface area contributed by atoms with E-state index in [-0.39, 0.29) is 0 Å². The molecule has 0 atom stereocenters. The predicted molar refractivity (Wildman–Crippen MR) is 71.8 cm³/mol. The van der Waals surface area contributed by atoms with Gasteiger partial charge in [0.2, 0.25) is 0 Å². The third-order valence-electron chi connectivity index (χ3n) is 2.19. The lowest BCUT2D eigenvalue weighted by atomic mass is 10.3. The summed E-state index contributed by atoms with van der Waals surface area (Å²) in [6, 6.07) is 10.2. The topological polar surface area (TPSA) is 61.3 Å². The highest BCUT2D eigenvalue weighted by molar-refractivity contribution is 6.34. The highest BCUT2D eigenvalue weighted by atomic mass is 35.5. The van der Waals surface area contributed by atoms with Crippen LogP contribution in [-0.2, 0) is 0 Å². The monoisotopic (exact) mass is 268 g/mol. The second kappa shape index (κ2) is 4.73. The SMILES string of the molecule is Nc1ccc(Oc2cccc(N)c2Cl)cc1Cl. The van der Waals surface area contributed by atoms with Gasteiger partial charge in [-0.05, 0) is 24.3 Å². The van der Waals surface area contributed by atoms with Crippen LogP contribution in [0.25, 0.3) is 0 Å². The Labute approximate surface area is 109 Å². The summed E-state index contributed by atoms with van der Waals surface area (Å²) in [5, 5.41) is 0.808. The molecule has 88 valence electrons. The van der Waals surface area contributed by atoms with Crippen molar-refractivity contribution < 1.29 is 4.74 Å². The summed E-state index contributed by atoms with van der Waals surface area (Å²) in [4.78, 5) is 0. The van der Waals surface area contributed by atoms with Crippen LogP contribution in [0.1, 0.15) is 0 Å². The Morgan fingerprint density at radius 2 is 1.71 bits per heavy atom. The Kier molecular flexibility index (Phi) is 3.31. The molecule has 0 aliphatic carbocycles. The molecule has 0 saturated carbocycles. The number of hydrogen-bond donors (Lipinski definition) is 2. The Hall–Kier alpha value is -1.58. The van der Waals surface area contributed by atoms with Crippen LogP contribution < -0.4 is 16.2 Å². The highest BCUT2D eigenvalue weighted by Gasteiger charge is 2.06. The number of benzene rings is 2. The molecule has 0 amide bonds. The quantitative estimate of drug-likeness (QED) is 0.811. The fourth-order valence-corrected chi connectivity index (χ4v) is 1.64. The van der Waals surface area contributed by atoms with Crippen LogP contribution in [-0.4, -0.2) is 0 Å². The standard InChI is InChI=1S/C12H10Cl2N2O/c13-8-6-7(4-5-9(8)15)17-11-3-1-2-10(16)12(11)14/h1-6H,15-16H2. The van der Waals surface area contributed by atoms with Crippen molar-refractivity contribution in [2.24, 2.45) is 0 Å². The Morgan fingerprint density at radius 3 is 2.41 bits per heavy atom. The molecule has 17 heavy (non-hydrogen) atoms. The number of halogens is 2. The molecule has 0 aromatic heterocycles. The van der Waals surface area contributed by atoms with Gasteiger partial charge in [0.25, 0.3) is 0 Å². The first-order chi connectivity index (χ1) is 8.08. The van der Waals surface area contributed by atoms with Crippen LogP contribution in [0, 0.1) is 0 Å². The lowest BCUT2D eigenvalue weighted by molar-refractivity contribution is 0.483. The molecule has 0 aliphatic heterocycles. The Bertz CT molecular complexity index is 558. The average molecular weight is 269 g/mol. The van der Waals surface area contributed by atoms with E-state index < -0.39 is 0 Å². The van der Waals surface area contributed by atoms with Crippen LogP contribution in [0.4, 0.5) is 11.4 Å². The van der Waals surface area contributed by atoms with E-state index in [0.717, 1.165) is 0 Å². The van der Waals surface area contributed by atoms with E-state index in [1.807, 2.05) is 0 Å². The number of rotatable bonds is 2. The molecular weight excluding hydrogens is 259 g/mol. The second-order valence-electron chi connectivity index (χ2n) is 3.44. The maximum absolute atomic E-state index is 6.01. The summed E-state index contributed by atoms with van der Waals surface area (Å²) in [5.74, 6) is 1.03. The largest absolute Gasteiger partial charge is 0.456 e. The molecule has 0 bridgehead atoms. The van der Waals surface area contributed by atoms with Crippen molar-refractivity contribution in [3.05, 3.63) is 46.4 Å². The van der Waals surface area contributed by atoms with Gasteiger partial charge in [0, 0.05) is 6.07 Å². The number of hydrogen-bond acceptors (Lipinski definition) is 3. The molecule has 0 aliphatic rings. The lowest BCUT2D eigenvalue weighted by Crippen LogP contribution is -1.91. The molecule has 3 nitrogen and oxygen atoms in total. The van der Waals surface area contributed by atoms with E-state index >= 15 is 0 Å². The van der Waals surface area contributed by atoms with Gasteiger partial charge in [-0.2, -0.15) is 0 Å². The van der Waals surface area contributed by atoms with Crippen molar-refractivity contribution in [3.8, 4) is 11.5 Å². The molecule has 0 radical (unpaired) electrons. The van der Waals surface area contributed by atoms with E-state index in [1.165, 1.54) is 0 Å². The summed E-state index contributed by atoms with van der Waals surface area (Å²) in [7, 11) is 0. The third-order valence-corrected chi connectivity index (χ3v) is 2.92. The Morgan fingerprint density at radius 1 is 0.941 bits per heavy atom. The van der Waals surface area contributed by atoms with Crippen LogP contribution >= 0.6 is 23.2 Å². The van der Waals surface area contributed by atoms with Crippen LogP contribution in [0.2, 0.25) is 10.0 Å². The Balaban J connectivity index is 2.31. The van der Waals surface area contributed by atoms with Gasteiger partial charge >= 0.3 is 0 Å². The normalized spacial score (nSPS) is 10.2. The summed E-state index contributed by atoms with van der Waals surface area (Å²) in [6.45, 7) is 0. The van der Waals surface area contributed by atoms with Gasteiger partial charge in [0.15, 0.2) is 0 Å². The molecule has 0 fully saturated rings. The minimum atomic E-state index is 0.375. The molecular formula is C12H10Cl2N2O. The predicted octanol–water partition coefficient (Wildman–Crippen LogP) is 3.95. The number of nitrogen functional groups attached to an aromatic ring is 2. The summed E-state index contributed by atoms with van der Waals surface area (Å²) in [5.41, 5.74) is 12.2. The van der Waals surface area contributed by atoms with Gasteiger partial charge in [-0.15, -0.1) is 0 Å². The maximum Gasteiger partial charge on any atom is 0.148 e. The van der Waals surface area contributed by atoms with E-state index in [2.05, 4.69) is 0 Å². The maximum atomic E-state index is 6.01. The molecule has 0 heterocycles. The van der Waals surface area contributed by atoms with Crippen molar-refractivity contribution in [2.45, 2.75) is 0 Å². The molecule has 5 heteroatoms. The van der Waals surface area contributed by atoms with Crippen molar-refractivity contribution in [2.75, 3.05) is 11.5 Å². The van der Waals surface area contributed by atoms with Crippen LogP contribution in [0.5, 0.6) is 11.5 Å². The average Bonchev–Trinajstić information content (AvgIpc) is 2.30. The van der Waals surface area contributed by atoms with Gasteiger partial charge in [-0.25, -0.2) is 0 Å². The molecule has 0 saturated heterocycles. The number of anilines is 2. The van der Waals surface area contributed by atoms with Crippen molar-refractivity contribution in [3.63, 3.8) is 0 Å². The number of ether oxygens (including phenoxy) is 1. The first-order valence-corrected chi connectivity index (χ1v) is 5.60. The fourth-order valence-electron chi connectivity index (χ4n) is 1.30. The van der Waals surface area contributed by atoms with E-state index in [9.17, 15) is 0 Å². The van der Waals surface area contributed by atoms with Gasteiger partial charge in [0.1, 0.15) is 16.5 Å². The first-order valence-electron chi connectivity index (χ1n) is 4.85. The summed E-state index contributed by atoms with van der Waals surface area (Å²) >= 11 is 11.9. The zero-order valence-corrected chi connectivity index (χ0v) is 10.3. The van der Waals surface area contributed by atoms with E-state index in [1.54, 1.807) is 36.4 Å². The van der Waals surface area contributed by atoms with Gasteiger partial charge in [-0.3, -0.25) is 0 Å². The van der Waals surface area contributed by atoms with Gasteiger partial charge in [-0.1, -0.05) is 29.3 Å². The van der Waals surface area contributed by atoms with E-state index in [0.29, 0.717) is 32.9 Å². The van der Waals surface area contributed by atoms with Crippen molar-refractivity contribution >= 4 is 34.6 Å². The van der Waals surface area contributed by atoms with Crippen molar-refractivity contribution in [1.82, 2.24) is 0 Å². The minimum Gasteiger partial charge on any atom is -0.456 e. The van der Waals surface area contributed by atoms with Crippen LogP contribution in [0.3, 0.4) is 0 Å². The highest BCUT2D eigenvalue weighted by Crippen LogP contribution is 2.34. The molecule has 4 N–H and O–H groups in total. The summed E-state index contributed by atoms with van der Waals surface area (Å²) in [6.07, 6.45) is 0. The molecule has 2 aromatic rings. The van der Waals surface area contributed by atoms with Gasteiger partial charge in [0.05, 0.1) is 16.4 Å². The number of nitrogens with two attached hydrogens (primary N) is 2. The van der Waals surface area contributed by atoms with E-state index in [4.69, 9.17) is 39.4 Å². The third kappa shape index (κ3) is 2.57. The molecule has 0 spiro atoms. The second-order valence-corrected chi connectivity index (χ2v) is 4.23. The zero-order chi connectivity index (χ0) is 12.4. The smallest absolute Gasteiger partial charge is 0.148 e. The molecule has 0 unspecified atom stereocenters. The fraction of sp³-hybridized carbons (Fsp3) is 0.